The first-order chi connectivity index (χ1) is 7.83. The molecule has 0 aliphatic rings. The van der Waals surface area contributed by atoms with Crippen molar-refractivity contribution in [2.75, 3.05) is 0 Å². The lowest BCUT2D eigenvalue weighted by Gasteiger charge is -2.01. The number of aryl methyl sites for hydroxylation is 2. The van der Waals surface area contributed by atoms with Gasteiger partial charge in [0, 0.05) is 17.1 Å². The lowest BCUT2D eigenvalue weighted by Crippen LogP contribution is -1.85. The van der Waals surface area contributed by atoms with Crippen molar-refractivity contribution in [1.82, 2.24) is 4.98 Å². The van der Waals surface area contributed by atoms with Gasteiger partial charge in [0.05, 0.1) is 0 Å². The fraction of sp³-hybridized carbons (Fsp3) is 0.333. The molecule has 0 atom stereocenters. The van der Waals surface area contributed by atoms with Crippen LogP contribution in [0.25, 0.3) is 10.9 Å². The summed E-state index contributed by atoms with van der Waals surface area (Å²) in [6.45, 7) is 5.94. The molecule has 0 unspecified atom stereocenters. The minimum Gasteiger partial charge on any atom is -0.361 e. The molecule has 1 nitrogen and oxygen atoms in total. The van der Waals surface area contributed by atoms with Gasteiger partial charge in [-0.1, -0.05) is 18.2 Å². The van der Waals surface area contributed by atoms with E-state index in [-0.39, 0.29) is 0 Å². The van der Waals surface area contributed by atoms with Crippen LogP contribution >= 0.6 is 0 Å². The summed E-state index contributed by atoms with van der Waals surface area (Å²) >= 11 is 0. The van der Waals surface area contributed by atoms with Crippen LogP contribution in [0.5, 0.6) is 0 Å². The maximum absolute atomic E-state index is 3.75. The van der Waals surface area contributed by atoms with Gasteiger partial charge in [-0.3, -0.25) is 0 Å². The Bertz CT molecular complexity index is 479. The average molecular weight is 213 g/mol. The van der Waals surface area contributed by atoms with Crippen molar-refractivity contribution in [2.45, 2.75) is 32.6 Å². The molecule has 2 rings (SSSR count). The van der Waals surface area contributed by atoms with Crippen LogP contribution in [0.15, 0.2) is 37.1 Å². The summed E-state index contributed by atoms with van der Waals surface area (Å²) in [5.41, 5.74) is 4.09. The van der Waals surface area contributed by atoms with Gasteiger partial charge in [-0.2, -0.15) is 0 Å². The second-order valence-corrected chi connectivity index (χ2v) is 4.35. The van der Waals surface area contributed by atoms with Crippen LogP contribution in [-0.2, 0) is 6.42 Å². The molecule has 2 aromatic rings. The zero-order valence-electron chi connectivity index (χ0n) is 9.92. The van der Waals surface area contributed by atoms with Gasteiger partial charge in [-0.05, 0) is 49.8 Å². The predicted molar refractivity (Wildman–Crippen MR) is 70.8 cm³/mol. The molecule has 0 saturated heterocycles. The Morgan fingerprint density at radius 2 is 2.19 bits per heavy atom. The van der Waals surface area contributed by atoms with Gasteiger partial charge in [0.1, 0.15) is 0 Å². The number of allylic oxidation sites excluding steroid dienone is 1. The molecule has 0 bridgehead atoms. The zero-order valence-corrected chi connectivity index (χ0v) is 9.92. The SMILES string of the molecule is C=CCCCCc1c[nH]c2cccc(C)c12. The van der Waals surface area contributed by atoms with Crippen LogP contribution in [0.4, 0.5) is 0 Å². The highest BCUT2D eigenvalue weighted by atomic mass is 14.7. The summed E-state index contributed by atoms with van der Waals surface area (Å²) in [6.07, 6.45) is 8.93. The number of H-pyrrole nitrogens is 1. The fourth-order valence-corrected chi connectivity index (χ4v) is 2.25. The molecule has 84 valence electrons. The Morgan fingerprint density at radius 3 is 3.00 bits per heavy atom. The van der Waals surface area contributed by atoms with Gasteiger partial charge >= 0.3 is 0 Å². The minimum absolute atomic E-state index is 1.13. The second-order valence-electron chi connectivity index (χ2n) is 4.35. The van der Waals surface area contributed by atoms with Crippen molar-refractivity contribution in [3.8, 4) is 0 Å². The van der Waals surface area contributed by atoms with E-state index in [9.17, 15) is 0 Å². The van der Waals surface area contributed by atoms with Crippen molar-refractivity contribution < 1.29 is 0 Å². The van der Waals surface area contributed by atoms with Crippen LogP contribution in [-0.4, -0.2) is 4.98 Å². The number of aromatic nitrogens is 1. The number of hydrogen-bond acceptors (Lipinski definition) is 0. The standard InChI is InChI=1S/C15H19N/c1-3-4-5-6-9-13-11-16-14-10-7-8-12(2)15(13)14/h3,7-8,10-11,16H,1,4-6,9H2,2H3. The van der Waals surface area contributed by atoms with Gasteiger partial charge in [0.15, 0.2) is 0 Å². The highest BCUT2D eigenvalue weighted by Crippen LogP contribution is 2.23. The highest BCUT2D eigenvalue weighted by Gasteiger charge is 2.04. The van der Waals surface area contributed by atoms with Crippen molar-refractivity contribution in [1.29, 1.82) is 0 Å². The molecule has 1 heteroatoms. The molecule has 0 aliphatic carbocycles. The first-order valence-corrected chi connectivity index (χ1v) is 5.99. The summed E-state index contributed by atoms with van der Waals surface area (Å²) < 4.78 is 0. The largest absolute Gasteiger partial charge is 0.361 e. The summed E-state index contributed by atoms with van der Waals surface area (Å²) in [7, 11) is 0. The third-order valence-electron chi connectivity index (χ3n) is 3.10. The average Bonchev–Trinajstić information content (AvgIpc) is 2.69. The third-order valence-corrected chi connectivity index (χ3v) is 3.10. The van der Waals surface area contributed by atoms with Crippen molar-refractivity contribution in [2.24, 2.45) is 0 Å². The monoisotopic (exact) mass is 213 g/mol. The molecule has 0 spiro atoms. The fourth-order valence-electron chi connectivity index (χ4n) is 2.25. The summed E-state index contributed by atoms with van der Waals surface area (Å²) in [6, 6.07) is 6.44. The van der Waals surface area contributed by atoms with Crippen molar-refractivity contribution >= 4 is 10.9 Å². The molecule has 1 N–H and O–H groups in total. The van der Waals surface area contributed by atoms with E-state index in [2.05, 4.69) is 42.9 Å². The number of aromatic amines is 1. The van der Waals surface area contributed by atoms with E-state index in [4.69, 9.17) is 0 Å². The molecule has 1 heterocycles. The zero-order chi connectivity index (χ0) is 11.4. The van der Waals surface area contributed by atoms with Crippen molar-refractivity contribution in [3.63, 3.8) is 0 Å². The van der Waals surface area contributed by atoms with Gasteiger partial charge < -0.3 is 4.98 Å². The molecule has 0 amide bonds. The number of rotatable bonds is 5. The second kappa shape index (κ2) is 5.02. The Hall–Kier alpha value is -1.50. The molecule has 0 radical (unpaired) electrons. The van der Waals surface area contributed by atoms with E-state index >= 15 is 0 Å². The Morgan fingerprint density at radius 1 is 1.31 bits per heavy atom. The molecule has 16 heavy (non-hydrogen) atoms. The van der Waals surface area contributed by atoms with Gasteiger partial charge in [0.2, 0.25) is 0 Å². The molecular formula is C15H19N. The predicted octanol–water partition coefficient (Wildman–Crippen LogP) is 4.38. The maximum Gasteiger partial charge on any atom is 0.0459 e. The Labute approximate surface area is 97.2 Å². The van der Waals surface area contributed by atoms with Crippen LogP contribution in [0, 0.1) is 6.92 Å². The molecule has 1 aromatic carbocycles. The molecule has 0 aliphatic heterocycles. The van der Waals surface area contributed by atoms with E-state index in [1.165, 1.54) is 41.3 Å². The smallest absolute Gasteiger partial charge is 0.0459 e. The van der Waals surface area contributed by atoms with E-state index in [1.54, 1.807) is 0 Å². The first kappa shape index (κ1) is 11.0. The lowest BCUT2D eigenvalue weighted by molar-refractivity contribution is 0.751. The van der Waals surface area contributed by atoms with Crippen LogP contribution in [0.2, 0.25) is 0 Å². The van der Waals surface area contributed by atoms with Gasteiger partial charge in [-0.25, -0.2) is 0 Å². The van der Waals surface area contributed by atoms with Gasteiger partial charge in [-0.15, -0.1) is 6.58 Å². The Kier molecular flexibility index (Phi) is 3.45. The summed E-state index contributed by atoms with van der Waals surface area (Å²) in [5, 5.41) is 1.42. The molecule has 1 aromatic heterocycles. The summed E-state index contributed by atoms with van der Waals surface area (Å²) in [5.74, 6) is 0. The van der Waals surface area contributed by atoms with Crippen LogP contribution in [0.3, 0.4) is 0 Å². The number of fused-ring (bicyclic) bond motifs is 1. The quantitative estimate of drug-likeness (QED) is 0.560. The van der Waals surface area contributed by atoms with Crippen molar-refractivity contribution in [3.05, 3.63) is 48.2 Å². The van der Waals surface area contributed by atoms with Crippen LogP contribution in [0.1, 0.15) is 30.4 Å². The maximum atomic E-state index is 3.75. The number of unbranched alkanes of at least 4 members (excludes halogenated alkanes) is 2. The number of benzene rings is 1. The van der Waals surface area contributed by atoms with Gasteiger partial charge in [0.25, 0.3) is 0 Å². The topological polar surface area (TPSA) is 15.8 Å². The minimum atomic E-state index is 1.13. The number of hydrogen-bond donors (Lipinski definition) is 1. The molecular weight excluding hydrogens is 194 g/mol. The molecule has 0 saturated carbocycles. The van der Waals surface area contributed by atoms with E-state index in [1.807, 2.05) is 6.08 Å². The highest BCUT2D eigenvalue weighted by molar-refractivity contribution is 5.86. The third kappa shape index (κ3) is 2.19. The van der Waals surface area contributed by atoms with E-state index < -0.39 is 0 Å². The first-order valence-electron chi connectivity index (χ1n) is 5.99. The normalized spacial score (nSPS) is 10.8. The van der Waals surface area contributed by atoms with E-state index in [0.29, 0.717) is 0 Å². The molecule has 0 fully saturated rings. The van der Waals surface area contributed by atoms with Crippen LogP contribution < -0.4 is 0 Å². The van der Waals surface area contributed by atoms with E-state index in [0.717, 1.165) is 6.42 Å². The Balaban J connectivity index is 2.15. The number of nitrogens with one attached hydrogen (secondary N) is 1. The summed E-state index contributed by atoms with van der Waals surface area (Å²) in [4.78, 5) is 3.35. The lowest BCUT2D eigenvalue weighted by atomic mass is 10.0.